The van der Waals surface area contributed by atoms with Crippen LogP contribution in [0.3, 0.4) is 0 Å². The lowest BCUT2D eigenvalue weighted by Gasteiger charge is -2.11. The van der Waals surface area contributed by atoms with E-state index in [1.165, 1.54) is 18.2 Å². The van der Waals surface area contributed by atoms with Crippen molar-refractivity contribution in [1.29, 1.82) is 0 Å². The van der Waals surface area contributed by atoms with E-state index in [0.29, 0.717) is 17.2 Å². The fraction of sp³-hybridized carbons (Fsp3) is 0.0909. The molecule has 27 heavy (non-hydrogen) atoms. The Balaban J connectivity index is 1.69. The van der Waals surface area contributed by atoms with Crippen molar-refractivity contribution in [3.05, 3.63) is 83.2 Å². The summed E-state index contributed by atoms with van der Waals surface area (Å²) in [6.45, 7) is 3.89. The Bertz CT molecular complexity index is 1160. The number of amides is 1. The first kappa shape index (κ1) is 17.0. The number of hydrogen-bond acceptors (Lipinski definition) is 3. The molecule has 0 radical (unpaired) electrons. The average Bonchev–Trinajstić information content (AvgIpc) is 3.06. The normalized spacial score (nSPS) is 10.9. The number of halogens is 1. The van der Waals surface area contributed by atoms with Crippen LogP contribution >= 0.6 is 0 Å². The van der Waals surface area contributed by atoms with Gasteiger partial charge in [0, 0.05) is 16.8 Å². The quantitative estimate of drug-likeness (QED) is 0.525. The van der Waals surface area contributed by atoms with Crippen molar-refractivity contribution < 1.29 is 13.6 Å². The molecule has 0 saturated heterocycles. The van der Waals surface area contributed by atoms with E-state index < -0.39 is 5.82 Å². The number of nitrogens with zero attached hydrogens (tertiary/aromatic N) is 1. The SMILES string of the molecule is Cc1ccc2oc(-c3cccc(NC(=O)c4cccc(F)c4)c3C)nc2c1. The van der Waals surface area contributed by atoms with Crippen molar-refractivity contribution in [2.45, 2.75) is 13.8 Å². The number of rotatable bonds is 3. The van der Waals surface area contributed by atoms with Gasteiger partial charge in [-0.3, -0.25) is 4.79 Å². The van der Waals surface area contributed by atoms with Gasteiger partial charge in [-0.1, -0.05) is 18.2 Å². The van der Waals surface area contributed by atoms with Crippen LogP contribution in [0.15, 0.2) is 65.1 Å². The van der Waals surface area contributed by atoms with Gasteiger partial charge in [0.25, 0.3) is 5.91 Å². The van der Waals surface area contributed by atoms with Crippen molar-refractivity contribution in [2.75, 3.05) is 5.32 Å². The zero-order valence-corrected chi connectivity index (χ0v) is 14.9. The molecule has 0 unspecified atom stereocenters. The molecule has 1 amide bonds. The predicted octanol–water partition coefficient (Wildman–Crippen LogP) is 5.50. The highest BCUT2D eigenvalue weighted by atomic mass is 19.1. The maximum atomic E-state index is 13.4. The van der Waals surface area contributed by atoms with Gasteiger partial charge < -0.3 is 9.73 Å². The molecule has 5 heteroatoms. The summed E-state index contributed by atoms with van der Waals surface area (Å²) in [6, 6.07) is 16.9. The molecule has 0 fully saturated rings. The molecule has 0 aliphatic carbocycles. The topological polar surface area (TPSA) is 55.1 Å². The van der Waals surface area contributed by atoms with Crippen molar-refractivity contribution in [3.8, 4) is 11.5 Å². The van der Waals surface area contributed by atoms with Crippen LogP contribution in [0.1, 0.15) is 21.5 Å². The molecule has 4 aromatic rings. The van der Waals surface area contributed by atoms with Gasteiger partial charge in [-0.25, -0.2) is 9.37 Å². The molecular weight excluding hydrogens is 343 g/mol. The third-order valence-electron chi connectivity index (χ3n) is 4.44. The molecule has 1 N–H and O–H groups in total. The largest absolute Gasteiger partial charge is 0.436 e. The van der Waals surface area contributed by atoms with Gasteiger partial charge >= 0.3 is 0 Å². The Morgan fingerprint density at radius 2 is 1.85 bits per heavy atom. The van der Waals surface area contributed by atoms with Crippen molar-refractivity contribution >= 4 is 22.7 Å². The number of fused-ring (bicyclic) bond motifs is 1. The second-order valence-electron chi connectivity index (χ2n) is 6.43. The summed E-state index contributed by atoms with van der Waals surface area (Å²) in [5.41, 5.74) is 5.11. The number of anilines is 1. The third-order valence-corrected chi connectivity index (χ3v) is 4.44. The van der Waals surface area contributed by atoms with Crippen LogP contribution in [-0.2, 0) is 0 Å². The lowest BCUT2D eigenvalue weighted by atomic mass is 10.1. The standard InChI is InChI=1S/C22H17FN2O2/c1-13-9-10-20-19(11-13)25-22(27-20)17-7-4-8-18(14(17)2)24-21(26)15-5-3-6-16(23)12-15/h3-12H,1-2H3,(H,24,26). The molecular formula is C22H17FN2O2. The van der Waals surface area contributed by atoms with Gasteiger partial charge in [-0.15, -0.1) is 0 Å². The van der Waals surface area contributed by atoms with Gasteiger partial charge in [0.05, 0.1) is 0 Å². The zero-order valence-electron chi connectivity index (χ0n) is 14.9. The summed E-state index contributed by atoms with van der Waals surface area (Å²) >= 11 is 0. The summed E-state index contributed by atoms with van der Waals surface area (Å²) in [5.74, 6) is -0.326. The van der Waals surface area contributed by atoms with Crippen LogP contribution in [0.2, 0.25) is 0 Å². The van der Waals surface area contributed by atoms with Gasteiger partial charge in [0.2, 0.25) is 5.89 Å². The summed E-state index contributed by atoms with van der Waals surface area (Å²) < 4.78 is 19.2. The smallest absolute Gasteiger partial charge is 0.255 e. The van der Waals surface area contributed by atoms with Crippen molar-refractivity contribution in [3.63, 3.8) is 0 Å². The summed E-state index contributed by atoms with van der Waals surface area (Å²) in [6.07, 6.45) is 0. The Morgan fingerprint density at radius 1 is 1.04 bits per heavy atom. The van der Waals surface area contributed by atoms with Gasteiger partial charge in [0.1, 0.15) is 11.3 Å². The highest BCUT2D eigenvalue weighted by molar-refractivity contribution is 6.05. The number of oxazole rings is 1. The highest BCUT2D eigenvalue weighted by Crippen LogP contribution is 2.31. The van der Waals surface area contributed by atoms with E-state index in [2.05, 4.69) is 10.3 Å². The Morgan fingerprint density at radius 3 is 2.67 bits per heavy atom. The third kappa shape index (κ3) is 3.31. The first-order valence-electron chi connectivity index (χ1n) is 8.55. The van der Waals surface area contributed by atoms with Crippen molar-refractivity contribution in [2.24, 2.45) is 0 Å². The van der Waals surface area contributed by atoms with Crippen molar-refractivity contribution in [1.82, 2.24) is 4.98 Å². The monoisotopic (exact) mass is 360 g/mol. The minimum absolute atomic E-state index is 0.261. The molecule has 0 bridgehead atoms. The van der Waals surface area contributed by atoms with Crippen LogP contribution in [0.5, 0.6) is 0 Å². The van der Waals surface area contributed by atoms with Crippen LogP contribution < -0.4 is 5.32 Å². The Hall–Kier alpha value is -3.47. The van der Waals surface area contributed by atoms with Crippen LogP contribution in [0, 0.1) is 19.7 Å². The number of nitrogens with one attached hydrogen (secondary N) is 1. The molecule has 134 valence electrons. The summed E-state index contributed by atoms with van der Waals surface area (Å²) in [7, 11) is 0. The maximum Gasteiger partial charge on any atom is 0.255 e. The Kier molecular flexibility index (Phi) is 4.20. The molecule has 4 nitrogen and oxygen atoms in total. The lowest BCUT2D eigenvalue weighted by molar-refractivity contribution is 0.102. The fourth-order valence-electron chi connectivity index (χ4n) is 2.98. The zero-order chi connectivity index (χ0) is 19.0. The lowest BCUT2D eigenvalue weighted by Crippen LogP contribution is -2.13. The molecule has 0 aliphatic rings. The minimum Gasteiger partial charge on any atom is -0.436 e. The second-order valence-corrected chi connectivity index (χ2v) is 6.43. The fourth-order valence-corrected chi connectivity index (χ4v) is 2.98. The maximum absolute atomic E-state index is 13.4. The van der Waals surface area contributed by atoms with Gasteiger partial charge in [-0.05, 0) is 67.4 Å². The second kappa shape index (κ2) is 6.68. The molecule has 4 rings (SSSR count). The first-order valence-corrected chi connectivity index (χ1v) is 8.55. The van der Waals surface area contributed by atoms with E-state index >= 15 is 0 Å². The number of aromatic nitrogens is 1. The molecule has 0 atom stereocenters. The van der Waals surface area contributed by atoms with Gasteiger partial charge in [0.15, 0.2) is 5.58 Å². The Labute approximate surface area is 155 Å². The van der Waals surface area contributed by atoms with Crippen LogP contribution in [0.4, 0.5) is 10.1 Å². The molecule has 3 aromatic carbocycles. The number of aryl methyl sites for hydroxylation is 1. The minimum atomic E-state index is -0.449. The molecule has 0 aliphatic heterocycles. The highest BCUT2D eigenvalue weighted by Gasteiger charge is 2.15. The summed E-state index contributed by atoms with van der Waals surface area (Å²) in [5, 5.41) is 2.83. The number of carbonyl (C=O) groups excluding carboxylic acids is 1. The van der Waals surface area contributed by atoms with E-state index in [0.717, 1.165) is 22.2 Å². The number of carbonyl (C=O) groups is 1. The average molecular weight is 360 g/mol. The number of benzene rings is 3. The van der Waals surface area contributed by atoms with Crippen LogP contribution in [0.25, 0.3) is 22.6 Å². The molecule has 0 saturated carbocycles. The van der Waals surface area contributed by atoms with E-state index in [4.69, 9.17) is 4.42 Å². The van der Waals surface area contributed by atoms with Crippen LogP contribution in [-0.4, -0.2) is 10.9 Å². The van der Waals surface area contributed by atoms with E-state index in [-0.39, 0.29) is 11.5 Å². The number of hydrogen-bond donors (Lipinski definition) is 1. The summed E-state index contributed by atoms with van der Waals surface area (Å²) in [4.78, 5) is 17.0. The molecule has 1 aromatic heterocycles. The van der Waals surface area contributed by atoms with E-state index in [1.807, 2.05) is 44.2 Å². The predicted molar refractivity (Wildman–Crippen MR) is 103 cm³/mol. The molecule has 0 spiro atoms. The molecule has 1 heterocycles. The van der Waals surface area contributed by atoms with E-state index in [9.17, 15) is 9.18 Å². The van der Waals surface area contributed by atoms with Gasteiger partial charge in [-0.2, -0.15) is 0 Å². The first-order chi connectivity index (χ1) is 13.0. The van der Waals surface area contributed by atoms with E-state index in [1.54, 1.807) is 12.1 Å².